The number of benzene rings is 2. The quantitative estimate of drug-likeness (QED) is 0.752. The summed E-state index contributed by atoms with van der Waals surface area (Å²) in [4.78, 5) is 7.39. The first-order chi connectivity index (χ1) is 10.5. The van der Waals surface area contributed by atoms with Gasteiger partial charge < -0.3 is 4.98 Å². The van der Waals surface area contributed by atoms with Gasteiger partial charge in [0.15, 0.2) is 0 Å². The van der Waals surface area contributed by atoms with Crippen molar-refractivity contribution in [2.24, 2.45) is 0 Å². The summed E-state index contributed by atoms with van der Waals surface area (Å²) >= 11 is 5.76. The van der Waals surface area contributed by atoms with E-state index in [1.807, 2.05) is 18.2 Å². The predicted molar refractivity (Wildman–Crippen MR) is 86.4 cm³/mol. The Labute approximate surface area is 133 Å². The van der Waals surface area contributed by atoms with Gasteiger partial charge in [-0.2, -0.15) is 0 Å². The number of aromatic amines is 1. The number of imidazole rings is 1. The Bertz CT molecular complexity index is 889. The molecule has 0 saturated heterocycles. The van der Waals surface area contributed by atoms with Gasteiger partial charge in [-0.05, 0) is 48.4 Å². The van der Waals surface area contributed by atoms with E-state index in [0.29, 0.717) is 18.0 Å². The van der Waals surface area contributed by atoms with Crippen molar-refractivity contribution in [2.45, 2.75) is 11.3 Å². The van der Waals surface area contributed by atoms with E-state index in [0.717, 1.165) is 16.6 Å². The average molecular weight is 336 g/mol. The Morgan fingerprint density at radius 2 is 1.91 bits per heavy atom. The van der Waals surface area contributed by atoms with E-state index in [9.17, 15) is 8.42 Å². The van der Waals surface area contributed by atoms with Crippen LogP contribution in [0.2, 0.25) is 5.02 Å². The second kappa shape index (κ2) is 6.08. The van der Waals surface area contributed by atoms with Crippen LogP contribution < -0.4 is 4.72 Å². The highest BCUT2D eigenvalue weighted by Gasteiger charge is 2.12. The van der Waals surface area contributed by atoms with Crippen LogP contribution in [0.5, 0.6) is 0 Å². The van der Waals surface area contributed by atoms with Gasteiger partial charge in [0.05, 0.1) is 22.3 Å². The molecule has 1 heterocycles. The highest BCUT2D eigenvalue weighted by Crippen LogP contribution is 2.14. The van der Waals surface area contributed by atoms with Crippen molar-refractivity contribution in [3.63, 3.8) is 0 Å². The van der Waals surface area contributed by atoms with E-state index < -0.39 is 10.0 Å². The molecule has 0 radical (unpaired) electrons. The van der Waals surface area contributed by atoms with Crippen LogP contribution in [-0.4, -0.2) is 24.9 Å². The van der Waals surface area contributed by atoms with Crippen LogP contribution in [0.25, 0.3) is 11.0 Å². The first-order valence-corrected chi connectivity index (χ1v) is 8.58. The number of aromatic nitrogens is 2. The summed E-state index contributed by atoms with van der Waals surface area (Å²) in [5.74, 6) is 0. The molecule has 114 valence electrons. The third kappa shape index (κ3) is 3.30. The molecule has 0 aliphatic carbocycles. The maximum atomic E-state index is 12.1. The van der Waals surface area contributed by atoms with Crippen LogP contribution in [0.1, 0.15) is 5.56 Å². The topological polar surface area (TPSA) is 74.8 Å². The van der Waals surface area contributed by atoms with Crippen LogP contribution in [-0.2, 0) is 16.4 Å². The molecule has 7 heteroatoms. The van der Waals surface area contributed by atoms with Crippen molar-refractivity contribution in [3.8, 4) is 0 Å². The molecule has 0 spiro atoms. The number of H-pyrrole nitrogens is 1. The summed E-state index contributed by atoms with van der Waals surface area (Å²) < 4.78 is 26.9. The van der Waals surface area contributed by atoms with Gasteiger partial charge in [-0.1, -0.05) is 17.7 Å². The zero-order chi connectivity index (χ0) is 15.6. The smallest absolute Gasteiger partial charge is 0.240 e. The van der Waals surface area contributed by atoms with Crippen molar-refractivity contribution in [1.82, 2.24) is 14.7 Å². The van der Waals surface area contributed by atoms with Gasteiger partial charge in [0.25, 0.3) is 0 Å². The standard InChI is InChI=1S/C15H14ClN3O2S/c16-12-2-4-13(5-3-12)22(20,21)19-8-7-11-1-6-14-15(9-11)18-10-17-14/h1-6,9-10,19H,7-8H2,(H,17,18). The molecule has 0 bridgehead atoms. The molecule has 0 amide bonds. The monoisotopic (exact) mass is 335 g/mol. The zero-order valence-corrected chi connectivity index (χ0v) is 13.2. The minimum atomic E-state index is -3.51. The van der Waals surface area contributed by atoms with E-state index in [2.05, 4.69) is 14.7 Å². The number of halogens is 1. The molecule has 3 rings (SSSR count). The molecule has 2 aromatic carbocycles. The molecular formula is C15H14ClN3O2S. The van der Waals surface area contributed by atoms with E-state index in [1.54, 1.807) is 18.5 Å². The summed E-state index contributed by atoms with van der Waals surface area (Å²) in [5, 5.41) is 0.506. The second-order valence-electron chi connectivity index (χ2n) is 4.86. The maximum Gasteiger partial charge on any atom is 0.240 e. The fourth-order valence-corrected chi connectivity index (χ4v) is 3.32. The van der Waals surface area contributed by atoms with Crippen molar-refractivity contribution in [2.75, 3.05) is 6.54 Å². The van der Waals surface area contributed by atoms with Crippen molar-refractivity contribution < 1.29 is 8.42 Å². The van der Waals surface area contributed by atoms with Gasteiger partial charge >= 0.3 is 0 Å². The molecule has 3 aromatic rings. The SMILES string of the molecule is O=S(=O)(NCCc1ccc2nc[nH]c2c1)c1ccc(Cl)cc1. The Morgan fingerprint density at radius 3 is 2.68 bits per heavy atom. The molecule has 0 saturated carbocycles. The lowest BCUT2D eigenvalue weighted by molar-refractivity contribution is 0.581. The van der Waals surface area contributed by atoms with Crippen LogP contribution in [0.15, 0.2) is 53.7 Å². The van der Waals surface area contributed by atoms with Gasteiger partial charge in [0.1, 0.15) is 0 Å². The summed E-state index contributed by atoms with van der Waals surface area (Å²) in [6, 6.07) is 11.9. The molecular weight excluding hydrogens is 322 g/mol. The van der Waals surface area contributed by atoms with Crippen molar-refractivity contribution >= 4 is 32.7 Å². The maximum absolute atomic E-state index is 12.1. The Balaban J connectivity index is 1.65. The minimum Gasteiger partial charge on any atom is -0.345 e. The Kier molecular flexibility index (Phi) is 4.15. The van der Waals surface area contributed by atoms with Crippen LogP contribution in [0.3, 0.4) is 0 Å². The molecule has 2 N–H and O–H groups in total. The third-order valence-electron chi connectivity index (χ3n) is 3.31. The lowest BCUT2D eigenvalue weighted by atomic mass is 10.1. The molecule has 5 nitrogen and oxygen atoms in total. The van der Waals surface area contributed by atoms with E-state index >= 15 is 0 Å². The Morgan fingerprint density at radius 1 is 1.14 bits per heavy atom. The summed E-state index contributed by atoms with van der Waals surface area (Å²) in [5.41, 5.74) is 2.87. The predicted octanol–water partition coefficient (Wildman–Crippen LogP) is 2.74. The lowest BCUT2D eigenvalue weighted by Crippen LogP contribution is -2.25. The van der Waals surface area contributed by atoms with Gasteiger partial charge in [-0.3, -0.25) is 0 Å². The first kappa shape index (κ1) is 15.0. The molecule has 0 fully saturated rings. The largest absolute Gasteiger partial charge is 0.345 e. The molecule has 22 heavy (non-hydrogen) atoms. The normalized spacial score (nSPS) is 11.9. The van der Waals surface area contributed by atoms with Crippen molar-refractivity contribution in [3.05, 3.63) is 59.4 Å². The van der Waals surface area contributed by atoms with E-state index in [4.69, 9.17) is 11.6 Å². The molecule has 0 aliphatic rings. The molecule has 1 aromatic heterocycles. The lowest BCUT2D eigenvalue weighted by Gasteiger charge is -2.07. The summed E-state index contributed by atoms with van der Waals surface area (Å²) in [6.07, 6.45) is 2.24. The number of nitrogens with one attached hydrogen (secondary N) is 2. The average Bonchev–Trinajstić information content (AvgIpc) is 2.95. The number of fused-ring (bicyclic) bond motifs is 1. The molecule has 0 unspecified atom stereocenters. The van der Waals surface area contributed by atoms with Crippen LogP contribution in [0, 0.1) is 0 Å². The number of rotatable bonds is 5. The van der Waals surface area contributed by atoms with Gasteiger partial charge in [0, 0.05) is 11.6 Å². The van der Waals surface area contributed by atoms with Crippen LogP contribution in [0.4, 0.5) is 0 Å². The highest BCUT2D eigenvalue weighted by molar-refractivity contribution is 7.89. The Hall–Kier alpha value is -1.89. The number of nitrogens with zero attached hydrogens (tertiary/aromatic N) is 1. The minimum absolute atomic E-state index is 0.209. The van der Waals surface area contributed by atoms with E-state index in [1.165, 1.54) is 12.1 Å². The molecule has 0 aliphatic heterocycles. The van der Waals surface area contributed by atoms with Gasteiger partial charge in [-0.25, -0.2) is 18.1 Å². The fourth-order valence-electron chi connectivity index (χ4n) is 2.17. The first-order valence-electron chi connectivity index (χ1n) is 6.72. The van der Waals surface area contributed by atoms with Crippen molar-refractivity contribution in [1.29, 1.82) is 0 Å². The number of sulfonamides is 1. The second-order valence-corrected chi connectivity index (χ2v) is 7.06. The summed E-state index contributed by atoms with van der Waals surface area (Å²) in [7, 11) is -3.51. The third-order valence-corrected chi connectivity index (χ3v) is 5.04. The van der Waals surface area contributed by atoms with Gasteiger partial charge in [0.2, 0.25) is 10.0 Å². The zero-order valence-electron chi connectivity index (χ0n) is 11.6. The fraction of sp³-hybridized carbons (Fsp3) is 0.133. The van der Waals surface area contributed by atoms with E-state index in [-0.39, 0.29) is 4.90 Å². The number of hydrogen-bond donors (Lipinski definition) is 2. The molecule has 0 atom stereocenters. The van der Waals surface area contributed by atoms with Crippen LogP contribution >= 0.6 is 11.6 Å². The number of hydrogen-bond acceptors (Lipinski definition) is 3. The van der Waals surface area contributed by atoms with Gasteiger partial charge in [-0.15, -0.1) is 0 Å². The summed E-state index contributed by atoms with van der Waals surface area (Å²) in [6.45, 7) is 0.324. The highest BCUT2D eigenvalue weighted by atomic mass is 35.5.